The van der Waals surface area contributed by atoms with Crippen LogP contribution in [0.4, 0.5) is 11.5 Å². The summed E-state index contributed by atoms with van der Waals surface area (Å²) in [6, 6.07) is 13.7. The van der Waals surface area contributed by atoms with Gasteiger partial charge in [0.25, 0.3) is 0 Å². The van der Waals surface area contributed by atoms with Crippen LogP contribution in [0.5, 0.6) is 0 Å². The number of benzene rings is 1. The van der Waals surface area contributed by atoms with E-state index in [0.29, 0.717) is 5.56 Å². The third-order valence-corrected chi connectivity index (χ3v) is 3.99. The molecule has 0 bridgehead atoms. The predicted octanol–water partition coefficient (Wildman–Crippen LogP) is 1.55. The van der Waals surface area contributed by atoms with Crippen molar-refractivity contribution in [1.82, 2.24) is 4.98 Å². The normalized spacial score (nSPS) is 15.0. The van der Waals surface area contributed by atoms with Crippen LogP contribution < -0.4 is 15.5 Å². The lowest BCUT2D eigenvalue weighted by molar-refractivity contribution is 0.100. The second-order valence-electron chi connectivity index (χ2n) is 5.34. The molecule has 1 fully saturated rings. The minimum absolute atomic E-state index is 0.0217. The molecule has 1 aliphatic heterocycles. The zero-order chi connectivity index (χ0) is 15.4. The van der Waals surface area contributed by atoms with Gasteiger partial charge in [0, 0.05) is 43.6 Å². The molecule has 0 radical (unpaired) electrons. The number of aromatic nitrogens is 1. The average molecular weight is 296 g/mol. The molecule has 5 nitrogen and oxygen atoms in total. The fourth-order valence-electron chi connectivity index (χ4n) is 2.71. The van der Waals surface area contributed by atoms with E-state index in [1.54, 1.807) is 0 Å². The van der Waals surface area contributed by atoms with E-state index >= 15 is 0 Å². The van der Waals surface area contributed by atoms with Gasteiger partial charge in [-0.05, 0) is 36.4 Å². The molecule has 2 aromatic rings. The molecular weight excluding hydrogens is 276 g/mol. The quantitative estimate of drug-likeness (QED) is 0.867. The Hall–Kier alpha value is -2.40. The van der Waals surface area contributed by atoms with Crippen molar-refractivity contribution in [2.45, 2.75) is 0 Å². The van der Waals surface area contributed by atoms with Gasteiger partial charge in [0.2, 0.25) is 0 Å². The molecule has 2 heterocycles. The average Bonchev–Trinajstić information content (AvgIpc) is 2.62. The number of nitrogens with two attached hydrogens (primary N) is 1. The van der Waals surface area contributed by atoms with E-state index in [2.05, 4.69) is 14.8 Å². The van der Waals surface area contributed by atoms with Crippen LogP contribution in [0.3, 0.4) is 0 Å². The van der Waals surface area contributed by atoms with Gasteiger partial charge >= 0.3 is 0 Å². The van der Waals surface area contributed by atoms with Crippen molar-refractivity contribution in [2.24, 2.45) is 5.73 Å². The van der Waals surface area contributed by atoms with Crippen LogP contribution >= 0.6 is 0 Å². The van der Waals surface area contributed by atoms with Crippen molar-refractivity contribution in [3.63, 3.8) is 0 Å². The minimum Gasteiger partial charge on any atom is -0.368 e. The van der Waals surface area contributed by atoms with Crippen molar-refractivity contribution in [3.8, 4) is 0 Å². The van der Waals surface area contributed by atoms with Gasteiger partial charge in [0.15, 0.2) is 5.78 Å². The van der Waals surface area contributed by atoms with E-state index in [1.165, 1.54) is 0 Å². The molecular formula is C17H20N4O. The molecule has 1 aromatic carbocycles. The Morgan fingerprint density at radius 2 is 1.68 bits per heavy atom. The molecule has 0 amide bonds. The second-order valence-corrected chi connectivity index (χ2v) is 5.34. The van der Waals surface area contributed by atoms with Crippen LogP contribution in [0.25, 0.3) is 0 Å². The Kier molecular flexibility index (Phi) is 4.34. The van der Waals surface area contributed by atoms with Gasteiger partial charge in [0.1, 0.15) is 5.82 Å². The van der Waals surface area contributed by atoms with Crippen LogP contribution in [0.2, 0.25) is 0 Å². The molecule has 0 aliphatic carbocycles. The topological polar surface area (TPSA) is 62.5 Å². The third kappa shape index (κ3) is 3.09. The van der Waals surface area contributed by atoms with Crippen LogP contribution in [0.1, 0.15) is 10.4 Å². The van der Waals surface area contributed by atoms with Crippen LogP contribution in [0.15, 0.2) is 48.7 Å². The Bertz CT molecular complexity index is 619. The summed E-state index contributed by atoms with van der Waals surface area (Å²) in [4.78, 5) is 20.6. The van der Waals surface area contributed by atoms with Gasteiger partial charge in [-0.1, -0.05) is 6.07 Å². The molecule has 5 heteroatoms. The van der Waals surface area contributed by atoms with Crippen LogP contribution in [-0.2, 0) is 0 Å². The number of rotatable bonds is 4. The number of Topliss-reactive ketones (excluding diaryl/α,β-unsaturated/α-hetero) is 1. The number of pyridine rings is 1. The molecule has 0 spiro atoms. The lowest BCUT2D eigenvalue weighted by atomic mass is 10.1. The number of hydrogen-bond acceptors (Lipinski definition) is 5. The molecule has 0 unspecified atom stereocenters. The summed E-state index contributed by atoms with van der Waals surface area (Å²) in [5, 5.41) is 0. The second kappa shape index (κ2) is 6.58. The number of piperazine rings is 1. The minimum atomic E-state index is -0.0217. The summed E-state index contributed by atoms with van der Waals surface area (Å²) in [6.07, 6.45) is 1.83. The van der Waals surface area contributed by atoms with Crippen molar-refractivity contribution < 1.29 is 4.79 Å². The lowest BCUT2D eigenvalue weighted by Crippen LogP contribution is -2.46. The van der Waals surface area contributed by atoms with E-state index in [1.807, 2.05) is 48.7 Å². The van der Waals surface area contributed by atoms with E-state index in [0.717, 1.165) is 37.7 Å². The Balaban J connectivity index is 1.63. The largest absolute Gasteiger partial charge is 0.368 e. The third-order valence-electron chi connectivity index (χ3n) is 3.99. The highest BCUT2D eigenvalue weighted by Gasteiger charge is 2.18. The van der Waals surface area contributed by atoms with Gasteiger partial charge in [0.05, 0.1) is 6.54 Å². The van der Waals surface area contributed by atoms with Gasteiger partial charge in [-0.15, -0.1) is 0 Å². The molecule has 1 aromatic heterocycles. The number of nitrogens with zero attached hydrogens (tertiary/aromatic N) is 3. The van der Waals surface area contributed by atoms with Crippen molar-refractivity contribution in [1.29, 1.82) is 0 Å². The SMILES string of the molecule is NCC(=O)c1ccc(N2CCN(c3ccccn3)CC2)cc1. The summed E-state index contributed by atoms with van der Waals surface area (Å²) in [5.41, 5.74) is 7.21. The summed E-state index contributed by atoms with van der Waals surface area (Å²) in [6.45, 7) is 3.84. The summed E-state index contributed by atoms with van der Waals surface area (Å²) < 4.78 is 0. The molecule has 1 aliphatic rings. The Morgan fingerprint density at radius 1 is 1.00 bits per heavy atom. The van der Waals surface area contributed by atoms with E-state index in [4.69, 9.17) is 5.73 Å². The summed E-state index contributed by atoms with van der Waals surface area (Å²) >= 11 is 0. The van der Waals surface area contributed by atoms with Gasteiger partial charge in [-0.2, -0.15) is 0 Å². The highest BCUT2D eigenvalue weighted by atomic mass is 16.1. The fourth-order valence-corrected chi connectivity index (χ4v) is 2.71. The van der Waals surface area contributed by atoms with Crippen molar-refractivity contribution in [3.05, 3.63) is 54.2 Å². The number of ketones is 1. The summed E-state index contributed by atoms with van der Waals surface area (Å²) in [7, 11) is 0. The van der Waals surface area contributed by atoms with Crippen molar-refractivity contribution in [2.75, 3.05) is 42.5 Å². The fraction of sp³-hybridized carbons (Fsp3) is 0.294. The first kappa shape index (κ1) is 14.5. The predicted molar refractivity (Wildman–Crippen MR) is 88.5 cm³/mol. The number of anilines is 2. The van der Waals surface area contributed by atoms with Crippen LogP contribution in [0, 0.1) is 0 Å². The molecule has 2 N–H and O–H groups in total. The highest BCUT2D eigenvalue weighted by Crippen LogP contribution is 2.19. The standard InChI is InChI=1S/C17H20N4O/c18-13-16(22)14-4-6-15(7-5-14)20-9-11-21(12-10-20)17-3-1-2-8-19-17/h1-8H,9-13,18H2. The molecule has 3 rings (SSSR count). The Morgan fingerprint density at radius 3 is 2.27 bits per heavy atom. The van der Waals surface area contributed by atoms with Gasteiger partial charge < -0.3 is 15.5 Å². The highest BCUT2D eigenvalue weighted by molar-refractivity contribution is 5.97. The first-order valence-corrected chi connectivity index (χ1v) is 7.52. The molecule has 0 atom stereocenters. The van der Waals surface area contributed by atoms with Crippen molar-refractivity contribution >= 4 is 17.3 Å². The first-order valence-electron chi connectivity index (χ1n) is 7.52. The maximum absolute atomic E-state index is 11.5. The van der Waals surface area contributed by atoms with E-state index < -0.39 is 0 Å². The smallest absolute Gasteiger partial charge is 0.176 e. The molecule has 114 valence electrons. The molecule has 1 saturated heterocycles. The first-order chi connectivity index (χ1) is 10.8. The van der Waals surface area contributed by atoms with E-state index in [9.17, 15) is 4.79 Å². The number of hydrogen-bond donors (Lipinski definition) is 1. The maximum Gasteiger partial charge on any atom is 0.176 e. The van der Waals surface area contributed by atoms with Gasteiger partial charge in [-0.3, -0.25) is 4.79 Å². The molecule has 22 heavy (non-hydrogen) atoms. The molecule has 0 saturated carbocycles. The van der Waals surface area contributed by atoms with Crippen LogP contribution in [-0.4, -0.2) is 43.5 Å². The maximum atomic E-state index is 11.5. The zero-order valence-corrected chi connectivity index (χ0v) is 12.5. The zero-order valence-electron chi connectivity index (χ0n) is 12.5. The van der Waals surface area contributed by atoms with E-state index in [-0.39, 0.29) is 12.3 Å². The number of carbonyl (C=O) groups excluding carboxylic acids is 1. The summed E-state index contributed by atoms with van der Waals surface area (Å²) in [5.74, 6) is 1.01. The Labute approximate surface area is 130 Å². The lowest BCUT2D eigenvalue weighted by Gasteiger charge is -2.36. The van der Waals surface area contributed by atoms with Gasteiger partial charge in [-0.25, -0.2) is 4.98 Å². The number of carbonyl (C=O) groups is 1. The monoisotopic (exact) mass is 296 g/mol.